The molecule has 2 aromatic heterocycles. The van der Waals surface area contributed by atoms with Crippen LogP contribution in [0.3, 0.4) is 0 Å². The average Bonchev–Trinajstić information content (AvgIpc) is 3.05. The molecular weight excluding hydrogens is 348 g/mol. The highest BCUT2D eigenvalue weighted by Gasteiger charge is 2.18. The molecule has 146 valence electrons. The number of amides is 1. The van der Waals surface area contributed by atoms with Gasteiger partial charge in [-0.3, -0.25) is 4.79 Å². The minimum atomic E-state index is -0.224. The maximum absolute atomic E-state index is 12.2. The van der Waals surface area contributed by atoms with Crippen molar-refractivity contribution in [2.75, 3.05) is 13.2 Å². The largest absolute Gasteiger partial charge is 0.472 e. The summed E-state index contributed by atoms with van der Waals surface area (Å²) in [6.07, 6.45) is 4.64. The number of carbonyl (C=O) groups is 1. The lowest BCUT2D eigenvalue weighted by Gasteiger charge is -2.22. The van der Waals surface area contributed by atoms with Crippen molar-refractivity contribution in [1.82, 2.24) is 20.7 Å². The number of unbranched alkanes of at least 4 members (excludes halogenated alkanes) is 1. The zero-order chi connectivity index (χ0) is 19.1. The highest BCUT2D eigenvalue weighted by atomic mass is 16.5. The Morgan fingerprint density at radius 2 is 2.11 bits per heavy atom. The molecule has 0 atom stereocenters. The summed E-state index contributed by atoms with van der Waals surface area (Å²) in [6.45, 7) is 5.67. The van der Waals surface area contributed by atoms with Gasteiger partial charge in [0.15, 0.2) is 5.69 Å². The van der Waals surface area contributed by atoms with E-state index in [1.807, 2.05) is 6.92 Å². The molecule has 3 heterocycles. The molecular formula is C19H26N4O4. The summed E-state index contributed by atoms with van der Waals surface area (Å²) in [5, 5.41) is 15.1. The summed E-state index contributed by atoms with van der Waals surface area (Å²) in [5.74, 6) is 0.888. The molecule has 1 saturated heterocycles. The van der Waals surface area contributed by atoms with Crippen LogP contribution in [0.15, 0.2) is 16.7 Å². The number of nitrogens with zero attached hydrogens (tertiary/aromatic N) is 3. The molecule has 3 rings (SSSR count). The zero-order valence-corrected chi connectivity index (χ0v) is 15.9. The summed E-state index contributed by atoms with van der Waals surface area (Å²) in [5.41, 5.74) is 2.15. The van der Waals surface area contributed by atoms with Gasteiger partial charge in [0, 0.05) is 25.3 Å². The molecule has 0 bridgehead atoms. The number of ether oxygens (including phenoxy) is 2. The third kappa shape index (κ3) is 5.26. The molecule has 1 amide bonds. The highest BCUT2D eigenvalue weighted by molar-refractivity contribution is 5.92. The molecule has 27 heavy (non-hydrogen) atoms. The first-order chi connectivity index (χ1) is 13.2. The van der Waals surface area contributed by atoms with E-state index in [9.17, 15) is 4.79 Å². The first kappa shape index (κ1) is 19.3. The fraction of sp³-hybridized carbons (Fsp3) is 0.579. The standard InChI is InChI=1S/C19H26N4O4/c1-3-4-5-16-15(13(2)27-23-16)12-26-18-7-6-17(21-22-18)19(24)20-14-8-10-25-11-9-14/h6-7,14H,3-5,8-12H2,1-2H3,(H,20,24). The van der Waals surface area contributed by atoms with Gasteiger partial charge in [-0.05, 0) is 38.7 Å². The number of aryl methyl sites for hydroxylation is 2. The van der Waals surface area contributed by atoms with E-state index >= 15 is 0 Å². The van der Waals surface area contributed by atoms with Crippen LogP contribution in [-0.4, -0.2) is 40.5 Å². The second kappa shape index (κ2) is 9.45. The molecule has 0 radical (unpaired) electrons. The normalized spacial score (nSPS) is 14.9. The first-order valence-corrected chi connectivity index (χ1v) is 9.46. The minimum absolute atomic E-state index is 0.127. The molecule has 8 nitrogen and oxygen atoms in total. The molecule has 1 aliphatic heterocycles. The van der Waals surface area contributed by atoms with Gasteiger partial charge in [-0.1, -0.05) is 18.5 Å². The predicted octanol–water partition coefficient (Wildman–Crippen LogP) is 2.60. The third-order valence-electron chi connectivity index (χ3n) is 4.63. The van der Waals surface area contributed by atoms with E-state index in [4.69, 9.17) is 14.0 Å². The second-order valence-corrected chi connectivity index (χ2v) is 6.67. The Morgan fingerprint density at radius 1 is 1.30 bits per heavy atom. The van der Waals surface area contributed by atoms with Crippen molar-refractivity contribution < 1.29 is 18.8 Å². The Hall–Kier alpha value is -2.48. The van der Waals surface area contributed by atoms with Gasteiger partial charge in [0.1, 0.15) is 12.4 Å². The van der Waals surface area contributed by atoms with Crippen LogP contribution in [-0.2, 0) is 17.8 Å². The van der Waals surface area contributed by atoms with Gasteiger partial charge < -0.3 is 19.3 Å². The fourth-order valence-electron chi connectivity index (χ4n) is 2.93. The van der Waals surface area contributed by atoms with Crippen LogP contribution < -0.4 is 10.1 Å². The van der Waals surface area contributed by atoms with Crippen LogP contribution in [0, 0.1) is 6.92 Å². The van der Waals surface area contributed by atoms with E-state index in [1.165, 1.54) is 0 Å². The SMILES string of the molecule is CCCCc1noc(C)c1COc1ccc(C(=O)NC2CCOCC2)nn1. The van der Waals surface area contributed by atoms with Crippen LogP contribution >= 0.6 is 0 Å². The Balaban J connectivity index is 1.55. The number of carbonyl (C=O) groups excluding carboxylic acids is 1. The van der Waals surface area contributed by atoms with Gasteiger partial charge in [0.2, 0.25) is 5.88 Å². The van der Waals surface area contributed by atoms with Gasteiger partial charge in [-0.2, -0.15) is 0 Å². The average molecular weight is 374 g/mol. The van der Waals surface area contributed by atoms with Gasteiger partial charge >= 0.3 is 0 Å². The Morgan fingerprint density at radius 3 is 2.81 bits per heavy atom. The summed E-state index contributed by atoms with van der Waals surface area (Å²) < 4.78 is 16.3. The number of rotatable bonds is 8. The summed E-state index contributed by atoms with van der Waals surface area (Å²) in [6, 6.07) is 3.40. The number of hydrogen-bond donors (Lipinski definition) is 1. The van der Waals surface area contributed by atoms with E-state index < -0.39 is 0 Å². The van der Waals surface area contributed by atoms with Gasteiger partial charge in [-0.25, -0.2) is 0 Å². The lowest BCUT2D eigenvalue weighted by Crippen LogP contribution is -2.39. The Labute approximate surface area is 158 Å². The van der Waals surface area contributed by atoms with Crippen molar-refractivity contribution in [3.05, 3.63) is 34.8 Å². The molecule has 1 aliphatic rings. The van der Waals surface area contributed by atoms with E-state index in [0.717, 1.165) is 49.1 Å². The lowest BCUT2D eigenvalue weighted by atomic mass is 10.1. The molecule has 8 heteroatoms. The number of aromatic nitrogens is 3. The molecule has 0 spiro atoms. The fourth-order valence-corrected chi connectivity index (χ4v) is 2.93. The summed E-state index contributed by atoms with van der Waals surface area (Å²) >= 11 is 0. The molecule has 1 N–H and O–H groups in total. The predicted molar refractivity (Wildman–Crippen MR) is 97.5 cm³/mol. The molecule has 0 aliphatic carbocycles. The highest BCUT2D eigenvalue weighted by Crippen LogP contribution is 2.18. The molecule has 2 aromatic rings. The van der Waals surface area contributed by atoms with E-state index in [2.05, 4.69) is 27.6 Å². The van der Waals surface area contributed by atoms with Crippen LogP contribution in [0.2, 0.25) is 0 Å². The van der Waals surface area contributed by atoms with Gasteiger partial charge in [-0.15, -0.1) is 10.2 Å². The molecule has 0 aromatic carbocycles. The zero-order valence-electron chi connectivity index (χ0n) is 15.9. The quantitative estimate of drug-likeness (QED) is 0.758. The number of nitrogens with one attached hydrogen (secondary N) is 1. The van der Waals surface area contributed by atoms with E-state index in [-0.39, 0.29) is 17.6 Å². The molecule has 0 saturated carbocycles. The van der Waals surface area contributed by atoms with Crippen LogP contribution in [0.4, 0.5) is 0 Å². The van der Waals surface area contributed by atoms with Crippen molar-refractivity contribution in [3.8, 4) is 5.88 Å². The van der Waals surface area contributed by atoms with Crippen molar-refractivity contribution in [3.63, 3.8) is 0 Å². The van der Waals surface area contributed by atoms with Crippen molar-refractivity contribution in [1.29, 1.82) is 0 Å². The van der Waals surface area contributed by atoms with E-state index in [0.29, 0.717) is 25.7 Å². The summed E-state index contributed by atoms with van der Waals surface area (Å²) in [7, 11) is 0. The molecule has 0 unspecified atom stereocenters. The Kier molecular flexibility index (Phi) is 6.75. The van der Waals surface area contributed by atoms with Gasteiger partial charge in [0.25, 0.3) is 5.91 Å². The second-order valence-electron chi connectivity index (χ2n) is 6.67. The molecule has 1 fully saturated rings. The maximum Gasteiger partial charge on any atom is 0.272 e. The Bertz CT molecular complexity index is 739. The third-order valence-corrected chi connectivity index (χ3v) is 4.63. The maximum atomic E-state index is 12.2. The minimum Gasteiger partial charge on any atom is -0.472 e. The topological polar surface area (TPSA) is 99.4 Å². The van der Waals surface area contributed by atoms with Gasteiger partial charge in [0.05, 0.1) is 11.3 Å². The van der Waals surface area contributed by atoms with Crippen molar-refractivity contribution >= 4 is 5.91 Å². The monoisotopic (exact) mass is 374 g/mol. The van der Waals surface area contributed by atoms with Crippen molar-refractivity contribution in [2.24, 2.45) is 0 Å². The van der Waals surface area contributed by atoms with Crippen LogP contribution in [0.1, 0.15) is 60.1 Å². The number of hydrogen-bond acceptors (Lipinski definition) is 7. The lowest BCUT2D eigenvalue weighted by molar-refractivity contribution is 0.0693. The summed E-state index contributed by atoms with van der Waals surface area (Å²) in [4.78, 5) is 12.2. The van der Waals surface area contributed by atoms with Crippen LogP contribution in [0.5, 0.6) is 5.88 Å². The van der Waals surface area contributed by atoms with E-state index in [1.54, 1.807) is 12.1 Å². The first-order valence-electron chi connectivity index (χ1n) is 9.46. The van der Waals surface area contributed by atoms with Crippen molar-refractivity contribution in [2.45, 2.75) is 58.6 Å². The van der Waals surface area contributed by atoms with Crippen LogP contribution in [0.25, 0.3) is 0 Å². The smallest absolute Gasteiger partial charge is 0.272 e.